The summed E-state index contributed by atoms with van der Waals surface area (Å²) in [4.78, 5) is 25.8. The van der Waals surface area contributed by atoms with Crippen LogP contribution in [0.1, 0.15) is 15.9 Å². The zero-order chi connectivity index (χ0) is 17.7. The molecule has 2 amide bonds. The fourth-order valence-corrected chi connectivity index (χ4v) is 1.67. The molecule has 0 radical (unpaired) electrons. The highest BCUT2D eigenvalue weighted by molar-refractivity contribution is 5.96. The van der Waals surface area contributed by atoms with Gasteiger partial charge in [0.25, 0.3) is 5.91 Å². The van der Waals surface area contributed by atoms with Gasteiger partial charge in [0.15, 0.2) is 0 Å². The van der Waals surface area contributed by atoms with Crippen LogP contribution >= 0.6 is 0 Å². The number of alkyl halides is 3. The van der Waals surface area contributed by atoms with Crippen LogP contribution in [0.2, 0.25) is 0 Å². The maximum absolute atomic E-state index is 12.4. The zero-order valence-electron chi connectivity index (χ0n) is 12.1. The number of rotatable bonds is 5. The van der Waals surface area contributed by atoms with Crippen LogP contribution in [0, 0.1) is 0 Å². The van der Waals surface area contributed by atoms with E-state index in [1.165, 1.54) is 24.3 Å². The Morgan fingerprint density at radius 2 is 1.79 bits per heavy atom. The van der Waals surface area contributed by atoms with E-state index in [9.17, 15) is 22.8 Å². The van der Waals surface area contributed by atoms with Gasteiger partial charge in [-0.05, 0) is 30.3 Å². The van der Waals surface area contributed by atoms with Gasteiger partial charge >= 0.3 is 6.18 Å². The molecular formula is C15H12F3N3O3. The number of nitrogens with two attached hydrogens (primary N) is 1. The second kappa shape index (κ2) is 6.99. The Balaban J connectivity index is 2.01. The minimum absolute atomic E-state index is 0.0195. The predicted octanol–water partition coefficient (Wildman–Crippen LogP) is 2.11. The molecule has 1 aromatic heterocycles. The summed E-state index contributed by atoms with van der Waals surface area (Å²) < 4.78 is 42.6. The molecule has 1 aromatic carbocycles. The molecule has 0 saturated carbocycles. The van der Waals surface area contributed by atoms with Gasteiger partial charge in [-0.2, -0.15) is 13.2 Å². The lowest BCUT2D eigenvalue weighted by molar-refractivity contribution is -0.137. The lowest BCUT2D eigenvalue weighted by atomic mass is 10.2. The molecule has 0 saturated heterocycles. The van der Waals surface area contributed by atoms with E-state index in [0.29, 0.717) is 6.20 Å². The first-order valence-corrected chi connectivity index (χ1v) is 6.63. The van der Waals surface area contributed by atoms with Crippen molar-refractivity contribution < 1.29 is 27.5 Å². The number of nitrogens with one attached hydrogen (secondary N) is 1. The van der Waals surface area contributed by atoms with E-state index in [1.807, 2.05) is 0 Å². The number of hydrogen-bond donors (Lipinski definition) is 2. The second-order valence-corrected chi connectivity index (χ2v) is 4.66. The fraction of sp³-hybridized carbons (Fsp3) is 0.133. The number of halogens is 3. The third-order valence-electron chi connectivity index (χ3n) is 2.83. The quantitative estimate of drug-likeness (QED) is 0.872. The molecule has 0 atom stereocenters. The Kier molecular flexibility index (Phi) is 5.02. The van der Waals surface area contributed by atoms with Crippen molar-refractivity contribution in [1.82, 2.24) is 10.3 Å². The fourth-order valence-electron chi connectivity index (χ4n) is 1.67. The first-order chi connectivity index (χ1) is 11.3. The molecule has 2 rings (SSSR count). The van der Waals surface area contributed by atoms with Gasteiger partial charge < -0.3 is 15.8 Å². The standard InChI is InChI=1S/C15H12F3N3O3/c16-15(17,18)10-3-6-13(20-7-10)24-11-4-1-9(2-5-11)14(23)21-8-12(19)22/h1-7H,8H2,(H2,19,22)(H,21,23). The third-order valence-corrected chi connectivity index (χ3v) is 2.83. The summed E-state index contributed by atoms with van der Waals surface area (Å²) in [5, 5.41) is 2.31. The van der Waals surface area contributed by atoms with Gasteiger partial charge in [-0.25, -0.2) is 4.98 Å². The molecule has 9 heteroatoms. The van der Waals surface area contributed by atoms with Gasteiger partial charge in [0.2, 0.25) is 11.8 Å². The van der Waals surface area contributed by atoms with Crippen molar-refractivity contribution in [3.05, 3.63) is 53.7 Å². The van der Waals surface area contributed by atoms with Crippen LogP contribution in [-0.2, 0) is 11.0 Å². The molecule has 0 unspecified atom stereocenters. The highest BCUT2D eigenvalue weighted by Crippen LogP contribution is 2.30. The highest BCUT2D eigenvalue weighted by atomic mass is 19.4. The smallest absolute Gasteiger partial charge is 0.417 e. The van der Waals surface area contributed by atoms with Crippen molar-refractivity contribution in [3.8, 4) is 11.6 Å². The summed E-state index contributed by atoms with van der Waals surface area (Å²) in [7, 11) is 0. The Hall–Kier alpha value is -3.10. The maximum Gasteiger partial charge on any atom is 0.417 e. The summed E-state index contributed by atoms with van der Waals surface area (Å²) in [5.41, 5.74) is 4.30. The number of pyridine rings is 1. The van der Waals surface area contributed by atoms with E-state index in [2.05, 4.69) is 10.3 Å². The molecule has 0 bridgehead atoms. The van der Waals surface area contributed by atoms with Crippen LogP contribution < -0.4 is 15.8 Å². The monoisotopic (exact) mass is 339 g/mol. The van der Waals surface area contributed by atoms with Crippen LogP contribution in [0.4, 0.5) is 13.2 Å². The maximum atomic E-state index is 12.4. The van der Waals surface area contributed by atoms with Gasteiger partial charge in [0, 0.05) is 17.8 Å². The summed E-state index contributed by atoms with van der Waals surface area (Å²) in [5.74, 6) is -0.896. The van der Waals surface area contributed by atoms with Crippen molar-refractivity contribution in [2.24, 2.45) is 5.73 Å². The van der Waals surface area contributed by atoms with Crippen molar-refractivity contribution in [2.75, 3.05) is 6.54 Å². The van der Waals surface area contributed by atoms with Gasteiger partial charge in [0.1, 0.15) is 5.75 Å². The Morgan fingerprint density at radius 3 is 2.29 bits per heavy atom. The van der Waals surface area contributed by atoms with Crippen molar-refractivity contribution in [3.63, 3.8) is 0 Å². The number of nitrogens with zero attached hydrogens (tertiary/aromatic N) is 1. The number of primary amides is 1. The van der Waals surface area contributed by atoms with E-state index in [-0.39, 0.29) is 23.7 Å². The number of benzene rings is 1. The first kappa shape index (κ1) is 17.3. The molecule has 126 valence electrons. The molecule has 0 aliphatic rings. The summed E-state index contributed by atoms with van der Waals surface area (Å²) in [6, 6.07) is 7.69. The van der Waals surface area contributed by atoms with Gasteiger partial charge in [0.05, 0.1) is 12.1 Å². The topological polar surface area (TPSA) is 94.3 Å². The molecule has 0 aliphatic heterocycles. The number of hydrogen-bond acceptors (Lipinski definition) is 4. The molecule has 1 heterocycles. The molecule has 6 nitrogen and oxygen atoms in total. The van der Waals surface area contributed by atoms with E-state index >= 15 is 0 Å². The summed E-state index contributed by atoms with van der Waals surface area (Å²) in [6.45, 7) is -0.285. The third kappa shape index (κ3) is 4.70. The minimum Gasteiger partial charge on any atom is -0.439 e. The summed E-state index contributed by atoms with van der Waals surface area (Å²) >= 11 is 0. The largest absolute Gasteiger partial charge is 0.439 e. The van der Waals surface area contributed by atoms with E-state index in [1.54, 1.807) is 0 Å². The SMILES string of the molecule is NC(=O)CNC(=O)c1ccc(Oc2ccc(C(F)(F)F)cn2)cc1. The molecule has 0 fully saturated rings. The lowest BCUT2D eigenvalue weighted by Crippen LogP contribution is -2.33. The normalized spacial score (nSPS) is 11.0. The molecule has 0 spiro atoms. The molecular weight excluding hydrogens is 327 g/mol. The first-order valence-electron chi connectivity index (χ1n) is 6.63. The van der Waals surface area contributed by atoms with Crippen LogP contribution in [0.3, 0.4) is 0 Å². The van der Waals surface area contributed by atoms with Crippen molar-refractivity contribution in [2.45, 2.75) is 6.18 Å². The lowest BCUT2D eigenvalue weighted by Gasteiger charge is -2.08. The average molecular weight is 339 g/mol. The van der Waals surface area contributed by atoms with Crippen LogP contribution in [-0.4, -0.2) is 23.3 Å². The summed E-state index contributed by atoms with van der Waals surface area (Å²) in [6.07, 6.45) is -3.80. The van der Waals surface area contributed by atoms with Gasteiger partial charge in [-0.15, -0.1) is 0 Å². The van der Waals surface area contributed by atoms with Crippen LogP contribution in [0.5, 0.6) is 11.6 Å². The number of ether oxygens (including phenoxy) is 1. The van der Waals surface area contributed by atoms with E-state index in [0.717, 1.165) is 12.1 Å². The van der Waals surface area contributed by atoms with E-state index < -0.39 is 23.6 Å². The average Bonchev–Trinajstić information content (AvgIpc) is 2.53. The predicted molar refractivity (Wildman–Crippen MR) is 77.3 cm³/mol. The second-order valence-electron chi connectivity index (χ2n) is 4.66. The molecule has 3 N–H and O–H groups in total. The zero-order valence-corrected chi connectivity index (χ0v) is 12.1. The van der Waals surface area contributed by atoms with Gasteiger partial charge in [-0.3, -0.25) is 9.59 Å². The van der Waals surface area contributed by atoms with Crippen LogP contribution in [0.25, 0.3) is 0 Å². The van der Waals surface area contributed by atoms with Crippen molar-refractivity contribution in [1.29, 1.82) is 0 Å². The Morgan fingerprint density at radius 1 is 1.12 bits per heavy atom. The number of amides is 2. The molecule has 2 aromatic rings. The Bertz CT molecular complexity index is 728. The minimum atomic E-state index is -4.47. The number of carbonyl (C=O) groups excluding carboxylic acids is 2. The van der Waals surface area contributed by atoms with Crippen LogP contribution in [0.15, 0.2) is 42.6 Å². The highest BCUT2D eigenvalue weighted by Gasteiger charge is 2.30. The Labute approximate surface area is 134 Å². The van der Waals surface area contributed by atoms with Gasteiger partial charge in [-0.1, -0.05) is 0 Å². The van der Waals surface area contributed by atoms with Crippen molar-refractivity contribution >= 4 is 11.8 Å². The molecule has 24 heavy (non-hydrogen) atoms. The molecule has 0 aliphatic carbocycles. The number of carbonyl (C=O) groups is 2. The number of aromatic nitrogens is 1. The van der Waals surface area contributed by atoms with E-state index in [4.69, 9.17) is 10.5 Å².